The van der Waals surface area contributed by atoms with Gasteiger partial charge in [-0.15, -0.1) is 0 Å². The fraction of sp³-hybridized carbons (Fsp3) is 0.133. The lowest BCUT2D eigenvalue weighted by Crippen LogP contribution is -2.33. The van der Waals surface area contributed by atoms with Crippen LogP contribution in [0.15, 0.2) is 58.2 Å². The van der Waals surface area contributed by atoms with Crippen molar-refractivity contribution in [3.05, 3.63) is 53.1 Å². The first-order valence-corrected chi connectivity index (χ1v) is 8.28. The fourth-order valence-corrected chi connectivity index (χ4v) is 2.63. The number of thioether (sulfide) groups is 1. The van der Waals surface area contributed by atoms with Gasteiger partial charge in [0.1, 0.15) is 0 Å². The van der Waals surface area contributed by atoms with Gasteiger partial charge in [0.2, 0.25) is 11.8 Å². The van der Waals surface area contributed by atoms with Crippen LogP contribution in [0.4, 0.5) is 5.69 Å². The van der Waals surface area contributed by atoms with Crippen molar-refractivity contribution in [3.63, 3.8) is 0 Å². The quantitative estimate of drug-likeness (QED) is 0.756. The van der Waals surface area contributed by atoms with Crippen LogP contribution in [0.2, 0.25) is 0 Å². The number of para-hydroxylation sites is 1. The maximum atomic E-state index is 11.8. The third-order valence-electron chi connectivity index (χ3n) is 2.58. The number of hydrogen-bond donors (Lipinski definition) is 2. The summed E-state index contributed by atoms with van der Waals surface area (Å²) in [7, 11) is 0. The number of halogens is 1. The summed E-state index contributed by atoms with van der Waals surface area (Å²) in [6, 6.07) is 12.8. The Morgan fingerprint density at radius 1 is 1.09 bits per heavy atom. The summed E-state index contributed by atoms with van der Waals surface area (Å²) in [5.74, 6) is -0.264. The molecule has 2 amide bonds. The monoisotopic (exact) mass is 379 g/mol. The van der Waals surface area contributed by atoms with E-state index in [4.69, 9.17) is 0 Å². The number of carbonyl (C=O) groups is 2. The van der Waals surface area contributed by atoms with Crippen molar-refractivity contribution in [1.29, 1.82) is 0 Å². The lowest BCUT2D eigenvalue weighted by Gasteiger charge is -2.08. The van der Waals surface area contributed by atoms with Gasteiger partial charge in [0.25, 0.3) is 0 Å². The zero-order valence-electron chi connectivity index (χ0n) is 11.6. The topological polar surface area (TPSA) is 71.1 Å². The molecule has 0 aliphatic rings. The Morgan fingerprint density at radius 2 is 1.86 bits per heavy atom. The fourth-order valence-electron chi connectivity index (χ4n) is 1.56. The van der Waals surface area contributed by atoms with Crippen molar-refractivity contribution in [2.45, 2.75) is 5.03 Å². The normalized spacial score (nSPS) is 10.0. The Balaban J connectivity index is 1.72. The second-order valence-corrected chi connectivity index (χ2v) is 6.11. The van der Waals surface area contributed by atoms with Crippen molar-refractivity contribution in [2.75, 3.05) is 17.6 Å². The Hall–Kier alpha value is -1.86. The molecule has 114 valence electrons. The third-order valence-corrected chi connectivity index (χ3v) is 4.22. The highest BCUT2D eigenvalue weighted by Crippen LogP contribution is 2.20. The average molecular weight is 380 g/mol. The molecule has 7 heteroatoms. The van der Waals surface area contributed by atoms with Crippen molar-refractivity contribution in [2.24, 2.45) is 0 Å². The molecule has 1 aromatic carbocycles. The van der Waals surface area contributed by atoms with Crippen LogP contribution in [0.1, 0.15) is 0 Å². The molecule has 0 bridgehead atoms. The van der Waals surface area contributed by atoms with E-state index in [1.165, 1.54) is 11.8 Å². The van der Waals surface area contributed by atoms with Gasteiger partial charge in [-0.25, -0.2) is 4.98 Å². The minimum Gasteiger partial charge on any atom is -0.346 e. The van der Waals surface area contributed by atoms with Gasteiger partial charge >= 0.3 is 0 Å². The van der Waals surface area contributed by atoms with E-state index in [1.54, 1.807) is 12.3 Å². The largest absolute Gasteiger partial charge is 0.346 e. The van der Waals surface area contributed by atoms with Crippen LogP contribution in [0.25, 0.3) is 0 Å². The molecule has 2 aromatic rings. The molecule has 1 aromatic heterocycles. The average Bonchev–Trinajstić information content (AvgIpc) is 2.54. The van der Waals surface area contributed by atoms with Crippen LogP contribution < -0.4 is 10.6 Å². The second kappa shape index (κ2) is 8.55. The zero-order chi connectivity index (χ0) is 15.8. The minimum atomic E-state index is -0.275. The number of nitrogens with one attached hydrogen (secondary N) is 2. The first kappa shape index (κ1) is 16.5. The number of hydrogen-bond acceptors (Lipinski definition) is 4. The van der Waals surface area contributed by atoms with Crippen molar-refractivity contribution in [3.8, 4) is 0 Å². The molecule has 0 aliphatic heterocycles. The van der Waals surface area contributed by atoms with Crippen molar-refractivity contribution in [1.82, 2.24) is 10.3 Å². The van der Waals surface area contributed by atoms with Gasteiger partial charge in [-0.2, -0.15) is 0 Å². The molecule has 0 aliphatic carbocycles. The molecule has 22 heavy (non-hydrogen) atoms. The second-order valence-electron chi connectivity index (χ2n) is 4.26. The molecule has 0 atom stereocenters. The summed E-state index contributed by atoms with van der Waals surface area (Å²) in [6.45, 7) is -0.0665. The van der Waals surface area contributed by atoms with Gasteiger partial charge in [-0.1, -0.05) is 30.0 Å². The Labute approximate surface area is 141 Å². The Bertz CT molecular complexity index is 652. The molecule has 0 fully saturated rings. The number of amides is 2. The Morgan fingerprint density at radius 3 is 2.59 bits per heavy atom. The molecule has 1 heterocycles. The van der Waals surface area contributed by atoms with E-state index >= 15 is 0 Å². The highest BCUT2D eigenvalue weighted by Gasteiger charge is 2.08. The van der Waals surface area contributed by atoms with Crippen LogP contribution in [0.3, 0.4) is 0 Å². The standard InChI is InChI=1S/C15H14BrN3O2S/c16-11-5-1-2-6-12(11)19-13(20)9-18-14(21)10-22-15-7-3-4-8-17-15/h1-8H,9-10H2,(H,18,21)(H,19,20). The van der Waals surface area contributed by atoms with Crippen molar-refractivity contribution >= 4 is 45.2 Å². The van der Waals surface area contributed by atoms with E-state index in [0.29, 0.717) is 5.69 Å². The number of anilines is 1. The lowest BCUT2D eigenvalue weighted by atomic mass is 10.3. The molecule has 0 spiro atoms. The highest BCUT2D eigenvalue weighted by atomic mass is 79.9. The number of nitrogens with zero attached hydrogens (tertiary/aromatic N) is 1. The zero-order valence-corrected chi connectivity index (χ0v) is 14.0. The summed E-state index contributed by atoms with van der Waals surface area (Å²) in [5, 5.41) is 6.07. The van der Waals surface area contributed by atoms with Crippen LogP contribution in [0, 0.1) is 0 Å². The molecule has 0 saturated heterocycles. The third kappa shape index (κ3) is 5.50. The number of aromatic nitrogens is 1. The van der Waals surface area contributed by atoms with E-state index in [0.717, 1.165) is 9.50 Å². The molecule has 0 radical (unpaired) electrons. The molecular weight excluding hydrogens is 366 g/mol. The van der Waals surface area contributed by atoms with Gasteiger partial charge in [-0.05, 0) is 40.2 Å². The first-order valence-electron chi connectivity index (χ1n) is 6.50. The highest BCUT2D eigenvalue weighted by molar-refractivity contribution is 9.10. The maximum absolute atomic E-state index is 11.8. The lowest BCUT2D eigenvalue weighted by molar-refractivity contribution is -0.122. The van der Waals surface area contributed by atoms with Crippen LogP contribution >= 0.6 is 27.7 Å². The van der Waals surface area contributed by atoms with Gasteiger partial charge in [0.15, 0.2) is 0 Å². The summed E-state index contributed by atoms with van der Waals surface area (Å²) in [6.07, 6.45) is 1.67. The van der Waals surface area contributed by atoms with Crippen LogP contribution in [-0.4, -0.2) is 29.1 Å². The van der Waals surface area contributed by atoms with Crippen molar-refractivity contribution < 1.29 is 9.59 Å². The predicted molar refractivity (Wildman–Crippen MR) is 90.7 cm³/mol. The molecule has 5 nitrogen and oxygen atoms in total. The molecule has 0 unspecified atom stereocenters. The molecule has 2 N–H and O–H groups in total. The van der Waals surface area contributed by atoms with Gasteiger partial charge in [-0.3, -0.25) is 9.59 Å². The number of benzene rings is 1. The number of pyridine rings is 1. The summed E-state index contributed by atoms with van der Waals surface area (Å²) in [5.41, 5.74) is 0.671. The predicted octanol–water partition coefficient (Wildman–Crippen LogP) is 2.69. The maximum Gasteiger partial charge on any atom is 0.243 e. The smallest absolute Gasteiger partial charge is 0.243 e. The van der Waals surface area contributed by atoms with E-state index in [9.17, 15) is 9.59 Å². The van der Waals surface area contributed by atoms with E-state index in [2.05, 4.69) is 31.5 Å². The summed E-state index contributed by atoms with van der Waals surface area (Å²) >= 11 is 4.67. The first-order chi connectivity index (χ1) is 10.6. The molecule has 0 saturated carbocycles. The Kier molecular flexibility index (Phi) is 6.42. The van der Waals surface area contributed by atoms with Gasteiger partial charge in [0.05, 0.1) is 23.0 Å². The molecule has 2 rings (SSSR count). The van der Waals surface area contributed by atoms with E-state index in [1.807, 2.05) is 36.4 Å². The van der Waals surface area contributed by atoms with Gasteiger partial charge in [0, 0.05) is 10.7 Å². The van der Waals surface area contributed by atoms with Crippen LogP contribution in [0.5, 0.6) is 0 Å². The SMILES string of the molecule is O=C(CSc1ccccn1)NCC(=O)Nc1ccccc1Br. The van der Waals surface area contributed by atoms with E-state index < -0.39 is 0 Å². The summed E-state index contributed by atoms with van der Waals surface area (Å²) < 4.78 is 0.792. The van der Waals surface area contributed by atoms with E-state index in [-0.39, 0.29) is 24.1 Å². The van der Waals surface area contributed by atoms with Gasteiger partial charge < -0.3 is 10.6 Å². The number of rotatable bonds is 6. The summed E-state index contributed by atoms with van der Waals surface area (Å²) in [4.78, 5) is 27.6. The number of carbonyl (C=O) groups excluding carboxylic acids is 2. The minimum absolute atomic E-state index is 0.0665. The molecular formula is C15H14BrN3O2S. The van der Waals surface area contributed by atoms with Crippen LogP contribution in [-0.2, 0) is 9.59 Å².